The molecule has 0 amide bonds. The molecule has 0 bridgehead atoms. The van der Waals surface area contributed by atoms with E-state index in [1.807, 2.05) is 35.8 Å². The second kappa shape index (κ2) is 7.40. The molecule has 30 heavy (non-hydrogen) atoms. The molecular weight excluding hydrogens is 376 g/mol. The summed E-state index contributed by atoms with van der Waals surface area (Å²) in [6.07, 6.45) is 6.02. The monoisotopic (exact) mass is 396 g/mol. The van der Waals surface area contributed by atoms with E-state index >= 15 is 0 Å². The lowest BCUT2D eigenvalue weighted by Gasteiger charge is -2.07. The van der Waals surface area contributed by atoms with Crippen molar-refractivity contribution < 1.29 is 0 Å². The predicted octanol–water partition coefficient (Wildman–Crippen LogP) is 3.56. The van der Waals surface area contributed by atoms with Crippen LogP contribution >= 0.6 is 0 Å². The summed E-state index contributed by atoms with van der Waals surface area (Å²) >= 11 is 0. The molecule has 0 atom stereocenters. The third-order valence-corrected chi connectivity index (χ3v) is 5.01. The topological polar surface area (TPSA) is 85.8 Å². The molecule has 1 aromatic carbocycles. The maximum Gasteiger partial charge on any atom is 0.226 e. The van der Waals surface area contributed by atoms with E-state index in [0.29, 0.717) is 11.8 Å². The van der Waals surface area contributed by atoms with Gasteiger partial charge in [-0.15, -0.1) is 10.2 Å². The van der Waals surface area contributed by atoms with Gasteiger partial charge in [-0.05, 0) is 47.9 Å². The van der Waals surface area contributed by atoms with Crippen LogP contribution in [0.5, 0.6) is 0 Å². The Balaban J connectivity index is 1.42. The molecule has 0 unspecified atom stereocenters. The zero-order valence-corrected chi connectivity index (χ0v) is 16.7. The van der Waals surface area contributed by atoms with Crippen molar-refractivity contribution in [2.45, 2.75) is 13.3 Å². The number of nitrogens with zero attached hydrogens (tertiary/aromatic N) is 7. The van der Waals surface area contributed by atoms with Crippen LogP contribution in [0.2, 0.25) is 0 Å². The highest BCUT2D eigenvalue weighted by molar-refractivity contribution is 5.70. The summed E-state index contributed by atoms with van der Waals surface area (Å²) in [4.78, 5) is 8.55. The van der Waals surface area contributed by atoms with Crippen LogP contribution in [-0.4, -0.2) is 34.3 Å². The fourth-order valence-electron chi connectivity index (χ4n) is 3.33. The summed E-state index contributed by atoms with van der Waals surface area (Å²) in [5.74, 6) is 2.25. The van der Waals surface area contributed by atoms with Gasteiger partial charge in [-0.2, -0.15) is 10.1 Å². The standard InChI is InChI=1S/C22H20N8/c1-15-3-5-16(6-4-15)11-20-27-28-21-13-18(8-10-30(20)21)17-7-9-23-19(12-17)26-22-24-14-25-29(22)2/h3-10,12-14H,11H2,1-2H3,(H,23,24,25,26). The van der Waals surface area contributed by atoms with E-state index in [9.17, 15) is 0 Å². The molecule has 1 N–H and O–H groups in total. The maximum absolute atomic E-state index is 4.40. The Hall–Kier alpha value is -4.07. The third kappa shape index (κ3) is 3.50. The number of hydrogen-bond acceptors (Lipinski definition) is 6. The first-order valence-electron chi connectivity index (χ1n) is 9.62. The fourth-order valence-corrected chi connectivity index (χ4v) is 3.33. The lowest BCUT2D eigenvalue weighted by molar-refractivity contribution is 0.775. The maximum atomic E-state index is 4.40. The Morgan fingerprint density at radius 1 is 0.933 bits per heavy atom. The Labute approximate surface area is 173 Å². The van der Waals surface area contributed by atoms with Gasteiger partial charge in [0.15, 0.2) is 5.65 Å². The summed E-state index contributed by atoms with van der Waals surface area (Å²) < 4.78 is 3.69. The molecule has 0 aliphatic heterocycles. The number of aromatic nitrogens is 7. The number of aryl methyl sites for hydroxylation is 2. The number of anilines is 2. The van der Waals surface area contributed by atoms with Crippen LogP contribution < -0.4 is 5.32 Å². The summed E-state index contributed by atoms with van der Waals surface area (Å²) in [5, 5.41) is 16.0. The van der Waals surface area contributed by atoms with Gasteiger partial charge < -0.3 is 5.32 Å². The molecule has 0 saturated heterocycles. The Bertz CT molecular complexity index is 1320. The normalized spacial score (nSPS) is 11.1. The van der Waals surface area contributed by atoms with Gasteiger partial charge >= 0.3 is 0 Å². The number of benzene rings is 1. The summed E-state index contributed by atoms with van der Waals surface area (Å²) in [6.45, 7) is 2.09. The first-order chi connectivity index (χ1) is 14.7. The van der Waals surface area contributed by atoms with Crippen LogP contribution in [0.25, 0.3) is 16.8 Å². The van der Waals surface area contributed by atoms with E-state index in [-0.39, 0.29) is 0 Å². The molecule has 148 valence electrons. The van der Waals surface area contributed by atoms with Crippen molar-refractivity contribution in [1.82, 2.24) is 34.3 Å². The Morgan fingerprint density at radius 3 is 2.57 bits per heavy atom. The van der Waals surface area contributed by atoms with Crippen LogP contribution in [0.4, 0.5) is 11.8 Å². The molecule has 0 spiro atoms. The number of hydrogen-bond donors (Lipinski definition) is 1. The van der Waals surface area contributed by atoms with Crippen molar-refractivity contribution in [3.05, 3.63) is 84.2 Å². The summed E-state index contributed by atoms with van der Waals surface area (Å²) in [7, 11) is 1.83. The molecule has 0 aliphatic rings. The third-order valence-electron chi connectivity index (χ3n) is 5.01. The second-order valence-electron chi connectivity index (χ2n) is 7.18. The predicted molar refractivity (Wildman–Crippen MR) is 114 cm³/mol. The van der Waals surface area contributed by atoms with Crippen molar-refractivity contribution in [3.63, 3.8) is 0 Å². The Morgan fingerprint density at radius 2 is 1.77 bits per heavy atom. The van der Waals surface area contributed by atoms with E-state index < -0.39 is 0 Å². The molecule has 0 saturated carbocycles. The minimum atomic E-state index is 0.633. The van der Waals surface area contributed by atoms with Gasteiger partial charge in [0.25, 0.3) is 0 Å². The van der Waals surface area contributed by atoms with E-state index in [0.717, 1.165) is 29.0 Å². The second-order valence-corrected chi connectivity index (χ2v) is 7.18. The summed E-state index contributed by atoms with van der Waals surface area (Å²) in [6, 6.07) is 16.5. The largest absolute Gasteiger partial charge is 0.309 e. The summed E-state index contributed by atoms with van der Waals surface area (Å²) in [5.41, 5.74) is 5.35. The van der Waals surface area contributed by atoms with Crippen molar-refractivity contribution in [2.24, 2.45) is 7.05 Å². The van der Waals surface area contributed by atoms with Gasteiger partial charge in [-0.25, -0.2) is 9.67 Å². The lowest BCUT2D eigenvalue weighted by atomic mass is 10.1. The lowest BCUT2D eigenvalue weighted by Crippen LogP contribution is -2.01. The van der Waals surface area contributed by atoms with Gasteiger partial charge in [0, 0.05) is 25.9 Å². The number of pyridine rings is 2. The van der Waals surface area contributed by atoms with Gasteiger partial charge in [0.2, 0.25) is 5.95 Å². The zero-order valence-electron chi connectivity index (χ0n) is 16.7. The molecule has 0 fully saturated rings. The van der Waals surface area contributed by atoms with E-state index in [4.69, 9.17) is 0 Å². The SMILES string of the molecule is Cc1ccc(Cc2nnc3cc(-c4ccnc(Nc5ncnn5C)c4)ccn23)cc1. The van der Waals surface area contributed by atoms with Crippen molar-refractivity contribution in [1.29, 1.82) is 0 Å². The van der Waals surface area contributed by atoms with E-state index in [1.54, 1.807) is 10.9 Å². The molecule has 5 rings (SSSR count). The van der Waals surface area contributed by atoms with Gasteiger partial charge in [-0.3, -0.25) is 4.40 Å². The molecule has 4 aromatic heterocycles. The minimum Gasteiger partial charge on any atom is -0.309 e. The Kier molecular flexibility index (Phi) is 4.44. The molecule has 0 radical (unpaired) electrons. The number of rotatable bonds is 5. The fraction of sp³-hybridized carbons (Fsp3) is 0.136. The van der Waals surface area contributed by atoms with Crippen molar-refractivity contribution in [3.8, 4) is 11.1 Å². The van der Waals surface area contributed by atoms with Gasteiger partial charge in [0.1, 0.15) is 18.0 Å². The van der Waals surface area contributed by atoms with E-state index in [1.165, 1.54) is 17.5 Å². The molecular formula is C22H20N8. The van der Waals surface area contributed by atoms with Crippen LogP contribution in [0.1, 0.15) is 17.0 Å². The molecule has 8 nitrogen and oxygen atoms in total. The van der Waals surface area contributed by atoms with Crippen molar-refractivity contribution >= 4 is 17.4 Å². The number of fused-ring (bicyclic) bond motifs is 1. The molecule has 8 heteroatoms. The first kappa shape index (κ1) is 18.0. The van der Waals surface area contributed by atoms with Crippen LogP contribution in [0.15, 0.2) is 67.3 Å². The van der Waals surface area contributed by atoms with Crippen LogP contribution in [0, 0.1) is 6.92 Å². The van der Waals surface area contributed by atoms with E-state index in [2.05, 4.69) is 67.8 Å². The average Bonchev–Trinajstić information content (AvgIpc) is 3.35. The molecule has 5 aromatic rings. The highest BCUT2D eigenvalue weighted by Gasteiger charge is 2.09. The smallest absolute Gasteiger partial charge is 0.226 e. The molecule has 0 aliphatic carbocycles. The molecule has 4 heterocycles. The average molecular weight is 396 g/mol. The minimum absolute atomic E-state index is 0.633. The van der Waals surface area contributed by atoms with Crippen LogP contribution in [-0.2, 0) is 13.5 Å². The van der Waals surface area contributed by atoms with Crippen LogP contribution in [0.3, 0.4) is 0 Å². The highest BCUT2D eigenvalue weighted by Crippen LogP contribution is 2.24. The zero-order chi connectivity index (χ0) is 20.5. The van der Waals surface area contributed by atoms with Crippen molar-refractivity contribution in [2.75, 3.05) is 5.32 Å². The van der Waals surface area contributed by atoms with Gasteiger partial charge in [0.05, 0.1) is 0 Å². The first-order valence-corrected chi connectivity index (χ1v) is 9.62. The number of nitrogens with one attached hydrogen (secondary N) is 1. The highest BCUT2D eigenvalue weighted by atomic mass is 15.4. The van der Waals surface area contributed by atoms with Gasteiger partial charge in [-0.1, -0.05) is 29.8 Å². The quantitative estimate of drug-likeness (QED) is 0.489.